The molecule has 0 aromatic heterocycles. The van der Waals surface area contributed by atoms with Gasteiger partial charge in [-0.15, -0.1) is 0 Å². The number of urea groups is 1. The molecule has 3 aliphatic rings. The summed E-state index contributed by atoms with van der Waals surface area (Å²) >= 11 is 0. The van der Waals surface area contributed by atoms with Gasteiger partial charge in [0.2, 0.25) is 0 Å². The molecule has 2 atom stereocenters. The van der Waals surface area contributed by atoms with Crippen LogP contribution in [0.15, 0.2) is 41.0 Å². The molecule has 0 aliphatic carbocycles. The molecule has 3 heterocycles. The fourth-order valence-electron chi connectivity index (χ4n) is 4.67. The normalized spacial score (nSPS) is 24.8. The molecule has 0 saturated carbocycles. The number of amides is 2. The minimum atomic E-state index is -4.37. The van der Waals surface area contributed by atoms with Gasteiger partial charge in [-0.25, -0.2) is 4.79 Å². The van der Waals surface area contributed by atoms with E-state index in [1.165, 1.54) is 12.1 Å². The van der Waals surface area contributed by atoms with Gasteiger partial charge in [0.25, 0.3) is 0 Å². The number of alkyl halides is 3. The van der Waals surface area contributed by atoms with E-state index in [1.807, 2.05) is 0 Å². The minimum absolute atomic E-state index is 0.0438. The van der Waals surface area contributed by atoms with Crippen molar-refractivity contribution >= 4 is 11.7 Å². The largest absolute Gasteiger partial charge is 0.416 e. The molecule has 0 radical (unpaired) electrons. The highest BCUT2D eigenvalue weighted by Crippen LogP contribution is 2.38. The lowest BCUT2D eigenvalue weighted by Crippen LogP contribution is -2.59. The van der Waals surface area contributed by atoms with Crippen molar-refractivity contribution in [2.75, 3.05) is 26.2 Å². The second kappa shape index (κ2) is 8.21. The Morgan fingerprint density at radius 3 is 2.12 bits per heavy atom. The first kappa shape index (κ1) is 22.8. The average Bonchev–Trinajstić information content (AvgIpc) is 3.21. The molecule has 32 heavy (non-hydrogen) atoms. The van der Waals surface area contributed by atoms with Crippen molar-refractivity contribution in [2.45, 2.75) is 51.8 Å². The number of carbonyl (C=O) groups excluding carboxylic acids is 1. The van der Waals surface area contributed by atoms with Gasteiger partial charge in [0, 0.05) is 48.2 Å². The van der Waals surface area contributed by atoms with Crippen molar-refractivity contribution in [2.24, 2.45) is 16.3 Å². The third-order valence-electron chi connectivity index (χ3n) is 6.57. The summed E-state index contributed by atoms with van der Waals surface area (Å²) in [7, 11) is 0. The van der Waals surface area contributed by atoms with Crippen molar-refractivity contribution in [1.29, 1.82) is 0 Å². The number of carbonyl (C=O) groups is 1. The number of nitrogens with zero attached hydrogens (tertiary/aromatic N) is 3. The van der Waals surface area contributed by atoms with Gasteiger partial charge in [-0.2, -0.15) is 13.2 Å². The predicted molar refractivity (Wildman–Crippen MR) is 116 cm³/mol. The number of hydrogen-bond donors (Lipinski definition) is 1. The zero-order valence-electron chi connectivity index (χ0n) is 18.7. The maximum atomic E-state index is 13.0. The van der Waals surface area contributed by atoms with Gasteiger partial charge in [-0.05, 0) is 24.1 Å². The highest BCUT2D eigenvalue weighted by molar-refractivity contribution is 5.92. The molecule has 1 N–H and O–H groups in total. The maximum Gasteiger partial charge on any atom is 0.416 e. The zero-order valence-corrected chi connectivity index (χ0v) is 18.7. The number of benzene rings is 1. The Labute approximate surface area is 186 Å². The van der Waals surface area contributed by atoms with Crippen LogP contribution < -0.4 is 0 Å². The van der Waals surface area contributed by atoms with Crippen LogP contribution >= 0.6 is 0 Å². The number of β-amino-alcohol motifs (C(OH)–C–C–N with tert-alkyl or cyclic N) is 1. The topological polar surface area (TPSA) is 56.1 Å². The van der Waals surface area contributed by atoms with E-state index in [1.54, 1.807) is 9.80 Å². The number of aliphatic hydroxyl groups is 1. The molecule has 1 aromatic rings. The van der Waals surface area contributed by atoms with Crippen LogP contribution in [-0.2, 0) is 6.18 Å². The molecule has 0 spiro atoms. The fourth-order valence-corrected chi connectivity index (χ4v) is 4.67. The lowest BCUT2D eigenvalue weighted by molar-refractivity contribution is -0.137. The standard InChI is InChI=1S/C24H30F3N3O2/c1-23(2,3)21-9-8-20(28-21)17-10-16(15-4-6-18(7-5-15)24(25,26)27)11-29(12-17)22(32)30-13-19(31)14-30/h4-7,9,16-17,19,31H,8,10-14H2,1-3H3. The van der Waals surface area contributed by atoms with Gasteiger partial charge in [0.05, 0.1) is 24.8 Å². The molecule has 1 aromatic carbocycles. The average molecular weight is 450 g/mol. The highest BCUT2D eigenvalue weighted by atomic mass is 19.4. The lowest BCUT2D eigenvalue weighted by Gasteiger charge is -2.44. The fraction of sp³-hybridized carbons (Fsp3) is 0.583. The number of rotatable bonds is 2. The molecular weight excluding hydrogens is 419 g/mol. The Balaban J connectivity index is 1.57. The molecule has 2 amide bonds. The Kier molecular flexibility index (Phi) is 5.86. The van der Waals surface area contributed by atoms with Gasteiger partial charge in [0.1, 0.15) is 0 Å². The molecule has 8 heteroatoms. The summed E-state index contributed by atoms with van der Waals surface area (Å²) in [5, 5.41) is 9.59. The van der Waals surface area contributed by atoms with Crippen LogP contribution in [0.2, 0.25) is 0 Å². The monoisotopic (exact) mass is 449 g/mol. The molecule has 5 nitrogen and oxygen atoms in total. The Morgan fingerprint density at radius 1 is 1.00 bits per heavy atom. The summed E-state index contributed by atoms with van der Waals surface area (Å²) < 4.78 is 39.0. The van der Waals surface area contributed by atoms with Crippen molar-refractivity contribution < 1.29 is 23.1 Å². The second-order valence-electron chi connectivity index (χ2n) is 10.1. The third-order valence-corrected chi connectivity index (χ3v) is 6.57. The van der Waals surface area contributed by atoms with E-state index < -0.39 is 17.8 Å². The van der Waals surface area contributed by atoms with E-state index in [0.29, 0.717) is 26.2 Å². The van der Waals surface area contributed by atoms with Gasteiger partial charge in [-0.3, -0.25) is 4.99 Å². The molecule has 174 valence electrons. The van der Waals surface area contributed by atoms with Crippen LogP contribution in [0.4, 0.5) is 18.0 Å². The lowest BCUT2D eigenvalue weighted by atomic mass is 9.81. The second-order valence-corrected chi connectivity index (χ2v) is 10.1. The van der Waals surface area contributed by atoms with Crippen molar-refractivity contribution in [3.05, 3.63) is 47.2 Å². The first-order chi connectivity index (χ1) is 14.9. The molecule has 2 unspecified atom stereocenters. The Morgan fingerprint density at radius 2 is 1.59 bits per heavy atom. The summed E-state index contributed by atoms with van der Waals surface area (Å²) in [5.74, 6) is -0.0325. The number of piperidine rings is 1. The van der Waals surface area contributed by atoms with E-state index in [2.05, 4.69) is 26.8 Å². The zero-order chi connectivity index (χ0) is 23.3. The van der Waals surface area contributed by atoms with Gasteiger partial charge >= 0.3 is 12.2 Å². The van der Waals surface area contributed by atoms with E-state index in [-0.39, 0.29) is 23.3 Å². The molecule has 4 rings (SSSR count). The molecule has 2 saturated heterocycles. The molecular formula is C24H30F3N3O2. The summed E-state index contributed by atoms with van der Waals surface area (Å²) in [5.41, 5.74) is 2.13. The van der Waals surface area contributed by atoms with Crippen molar-refractivity contribution in [3.63, 3.8) is 0 Å². The smallest absolute Gasteiger partial charge is 0.389 e. The molecule has 2 fully saturated rings. The number of likely N-dealkylation sites (tertiary alicyclic amines) is 2. The summed E-state index contributed by atoms with van der Waals surface area (Å²) in [4.78, 5) is 21.3. The van der Waals surface area contributed by atoms with Crippen LogP contribution in [0.3, 0.4) is 0 Å². The summed E-state index contributed by atoms with van der Waals surface area (Å²) in [6.45, 7) is 7.96. The Bertz CT molecular complexity index is 925. The van der Waals surface area contributed by atoms with E-state index >= 15 is 0 Å². The number of hydrogen-bond acceptors (Lipinski definition) is 3. The molecule has 3 aliphatic heterocycles. The van der Waals surface area contributed by atoms with Gasteiger partial charge < -0.3 is 14.9 Å². The number of halogens is 3. The van der Waals surface area contributed by atoms with Crippen LogP contribution in [0.1, 0.15) is 50.7 Å². The molecule has 0 bridgehead atoms. The Hall–Kier alpha value is -2.35. The number of aliphatic imine (C=N–C) groups is 1. The van der Waals surface area contributed by atoms with Crippen LogP contribution in [-0.4, -0.2) is 58.9 Å². The maximum absolute atomic E-state index is 13.0. The SMILES string of the molecule is CC(C)(C)C1=CCC(C2CC(c3ccc(C(F)(F)F)cc3)CN(C(=O)N3CC(O)C3)C2)=N1. The highest BCUT2D eigenvalue weighted by Gasteiger charge is 2.39. The van der Waals surface area contributed by atoms with Crippen LogP contribution in [0.25, 0.3) is 0 Å². The van der Waals surface area contributed by atoms with Gasteiger partial charge in [0.15, 0.2) is 0 Å². The van der Waals surface area contributed by atoms with E-state index in [0.717, 1.165) is 41.9 Å². The van der Waals surface area contributed by atoms with Crippen molar-refractivity contribution in [1.82, 2.24) is 9.80 Å². The number of aliphatic hydroxyl groups excluding tert-OH is 1. The van der Waals surface area contributed by atoms with Crippen LogP contribution in [0, 0.1) is 11.3 Å². The number of allylic oxidation sites excluding steroid dienone is 2. The van der Waals surface area contributed by atoms with E-state index in [9.17, 15) is 23.1 Å². The minimum Gasteiger partial charge on any atom is -0.389 e. The quantitative estimate of drug-likeness (QED) is 0.713. The first-order valence-corrected chi connectivity index (χ1v) is 11.1. The van der Waals surface area contributed by atoms with E-state index in [4.69, 9.17) is 4.99 Å². The van der Waals surface area contributed by atoms with Crippen molar-refractivity contribution in [3.8, 4) is 0 Å². The summed E-state index contributed by atoms with van der Waals surface area (Å²) in [6, 6.07) is 5.16. The van der Waals surface area contributed by atoms with Gasteiger partial charge in [-0.1, -0.05) is 39.0 Å². The third kappa shape index (κ3) is 4.70. The summed E-state index contributed by atoms with van der Waals surface area (Å²) in [6.07, 6.45) is -1.25. The first-order valence-electron chi connectivity index (χ1n) is 11.1. The van der Waals surface area contributed by atoms with Crippen LogP contribution in [0.5, 0.6) is 0 Å². The predicted octanol–water partition coefficient (Wildman–Crippen LogP) is 4.68.